The average molecular weight is 218 g/mol. The van der Waals surface area contributed by atoms with Crippen LogP contribution in [0.2, 0.25) is 0 Å². The minimum absolute atomic E-state index is 0.239. The maximum Gasteiger partial charge on any atom is 0.338 e. The highest BCUT2D eigenvalue weighted by molar-refractivity contribution is 5.93. The Morgan fingerprint density at radius 2 is 2.06 bits per heavy atom. The molecule has 0 saturated carbocycles. The molecule has 82 valence electrons. The van der Waals surface area contributed by atoms with E-state index in [9.17, 15) is 4.79 Å². The zero-order valence-corrected chi connectivity index (χ0v) is 8.51. The number of hydrogen-bond acceptors (Lipinski definition) is 4. The van der Waals surface area contributed by atoms with Gasteiger partial charge in [0.05, 0.1) is 5.56 Å². The summed E-state index contributed by atoms with van der Waals surface area (Å²) in [6, 6.07) is 5.66. The fraction of sp³-hybridized carbons (Fsp3) is 0.250. The van der Waals surface area contributed by atoms with E-state index in [-0.39, 0.29) is 12.3 Å². The Hall–Kier alpha value is -1.97. The molecule has 4 heteroatoms. The lowest BCUT2D eigenvalue weighted by Gasteiger charge is -2.10. The number of benzene rings is 1. The second-order valence-electron chi connectivity index (χ2n) is 3.75. The third kappa shape index (κ3) is 1.52. The lowest BCUT2D eigenvalue weighted by molar-refractivity contribution is -0.0209. The van der Waals surface area contributed by atoms with Gasteiger partial charge in [-0.2, -0.15) is 0 Å². The third-order valence-electron chi connectivity index (χ3n) is 2.67. The first kappa shape index (κ1) is 9.27. The molecule has 1 aromatic carbocycles. The number of esters is 1. The molecule has 0 atom stereocenters. The van der Waals surface area contributed by atoms with Gasteiger partial charge >= 0.3 is 5.97 Å². The molecule has 1 aromatic rings. The van der Waals surface area contributed by atoms with Crippen LogP contribution in [0.3, 0.4) is 0 Å². The standard InChI is InChI=1S/C12H10O4/c13-12-10-2-1-8(5-9(10)7-16-12)6-11-14-3-4-15-11/h1-5,11H,6-7H2. The molecular formula is C12H10O4. The van der Waals surface area contributed by atoms with Gasteiger partial charge in [-0.05, 0) is 11.6 Å². The molecule has 2 aliphatic heterocycles. The lowest BCUT2D eigenvalue weighted by atomic mass is 10.0. The lowest BCUT2D eigenvalue weighted by Crippen LogP contribution is -2.11. The van der Waals surface area contributed by atoms with Crippen molar-refractivity contribution in [3.63, 3.8) is 0 Å². The first-order chi connectivity index (χ1) is 7.83. The normalized spacial score (nSPS) is 17.9. The minimum atomic E-state index is -0.254. The number of carbonyl (C=O) groups excluding carboxylic acids is 1. The molecule has 4 nitrogen and oxygen atoms in total. The van der Waals surface area contributed by atoms with Crippen LogP contribution in [-0.2, 0) is 27.2 Å². The molecule has 2 heterocycles. The van der Waals surface area contributed by atoms with E-state index < -0.39 is 0 Å². The third-order valence-corrected chi connectivity index (χ3v) is 2.67. The highest BCUT2D eigenvalue weighted by Gasteiger charge is 2.22. The summed E-state index contributed by atoms with van der Waals surface area (Å²) < 4.78 is 15.3. The first-order valence-electron chi connectivity index (χ1n) is 5.08. The van der Waals surface area contributed by atoms with Crippen LogP contribution in [0.5, 0.6) is 0 Å². The Morgan fingerprint density at radius 3 is 2.88 bits per heavy atom. The van der Waals surface area contributed by atoms with Crippen molar-refractivity contribution in [1.29, 1.82) is 0 Å². The summed E-state index contributed by atoms with van der Waals surface area (Å²) in [6.07, 6.45) is 3.47. The maximum atomic E-state index is 11.2. The summed E-state index contributed by atoms with van der Waals surface area (Å²) in [6.45, 7) is 0.368. The van der Waals surface area contributed by atoms with Gasteiger partial charge in [0.2, 0.25) is 6.29 Å². The van der Waals surface area contributed by atoms with E-state index in [1.54, 1.807) is 6.07 Å². The van der Waals surface area contributed by atoms with Gasteiger partial charge in [0.1, 0.15) is 19.1 Å². The number of cyclic esters (lactones) is 1. The van der Waals surface area contributed by atoms with Gasteiger partial charge in [0.15, 0.2) is 0 Å². The molecule has 0 amide bonds. The van der Waals surface area contributed by atoms with Crippen molar-refractivity contribution in [2.24, 2.45) is 0 Å². The van der Waals surface area contributed by atoms with E-state index in [2.05, 4.69) is 0 Å². The minimum Gasteiger partial charge on any atom is -0.459 e. The Balaban J connectivity index is 1.79. The van der Waals surface area contributed by atoms with Crippen LogP contribution in [0.1, 0.15) is 21.5 Å². The van der Waals surface area contributed by atoms with Crippen LogP contribution in [-0.4, -0.2) is 12.3 Å². The highest BCUT2D eigenvalue weighted by Crippen LogP contribution is 2.22. The van der Waals surface area contributed by atoms with Crippen LogP contribution >= 0.6 is 0 Å². The van der Waals surface area contributed by atoms with Gasteiger partial charge in [-0.3, -0.25) is 0 Å². The Bertz CT molecular complexity index is 456. The summed E-state index contributed by atoms with van der Waals surface area (Å²) in [5.74, 6) is -0.239. The fourth-order valence-corrected chi connectivity index (χ4v) is 1.87. The monoisotopic (exact) mass is 218 g/mol. The van der Waals surface area contributed by atoms with E-state index in [4.69, 9.17) is 14.2 Å². The van der Waals surface area contributed by atoms with Crippen LogP contribution in [0, 0.1) is 0 Å². The van der Waals surface area contributed by atoms with Crippen molar-refractivity contribution in [1.82, 2.24) is 0 Å². The Kier molecular flexibility index (Phi) is 2.06. The molecule has 0 spiro atoms. The SMILES string of the molecule is O=C1OCc2cc(CC3OC=CO3)ccc21. The Labute approximate surface area is 92.4 Å². The number of hydrogen-bond donors (Lipinski definition) is 0. The molecule has 0 fully saturated rings. The first-order valence-corrected chi connectivity index (χ1v) is 5.08. The van der Waals surface area contributed by atoms with E-state index in [0.717, 1.165) is 11.1 Å². The van der Waals surface area contributed by atoms with Gasteiger partial charge in [-0.25, -0.2) is 4.79 Å². The van der Waals surface area contributed by atoms with Gasteiger partial charge in [0.25, 0.3) is 0 Å². The summed E-state index contributed by atoms with van der Waals surface area (Å²) in [5, 5.41) is 0. The largest absolute Gasteiger partial charge is 0.459 e. The van der Waals surface area contributed by atoms with Crippen molar-refractivity contribution < 1.29 is 19.0 Å². The fourth-order valence-electron chi connectivity index (χ4n) is 1.87. The predicted molar refractivity (Wildman–Crippen MR) is 54.4 cm³/mol. The molecule has 0 radical (unpaired) electrons. The topological polar surface area (TPSA) is 44.8 Å². The molecule has 16 heavy (non-hydrogen) atoms. The van der Waals surface area contributed by atoms with Crippen LogP contribution in [0.15, 0.2) is 30.7 Å². The van der Waals surface area contributed by atoms with E-state index in [1.807, 2.05) is 12.1 Å². The van der Waals surface area contributed by atoms with Crippen LogP contribution < -0.4 is 0 Å². The summed E-state index contributed by atoms with van der Waals surface area (Å²) in [7, 11) is 0. The van der Waals surface area contributed by atoms with Gasteiger partial charge < -0.3 is 14.2 Å². The van der Waals surface area contributed by atoms with Gasteiger partial charge in [-0.15, -0.1) is 0 Å². The zero-order chi connectivity index (χ0) is 11.0. The maximum absolute atomic E-state index is 11.2. The summed E-state index contributed by atoms with van der Waals surface area (Å²) in [5.41, 5.74) is 2.68. The summed E-state index contributed by atoms with van der Waals surface area (Å²) in [4.78, 5) is 11.2. The molecule has 0 bridgehead atoms. The van der Waals surface area contributed by atoms with E-state index >= 15 is 0 Å². The van der Waals surface area contributed by atoms with Crippen molar-refractivity contribution in [3.8, 4) is 0 Å². The second-order valence-corrected chi connectivity index (χ2v) is 3.75. The highest BCUT2D eigenvalue weighted by atomic mass is 16.7. The van der Waals surface area contributed by atoms with Crippen molar-refractivity contribution in [3.05, 3.63) is 47.4 Å². The van der Waals surface area contributed by atoms with E-state index in [1.165, 1.54) is 12.5 Å². The van der Waals surface area contributed by atoms with Crippen molar-refractivity contribution in [2.45, 2.75) is 19.3 Å². The zero-order valence-electron chi connectivity index (χ0n) is 8.51. The van der Waals surface area contributed by atoms with Crippen molar-refractivity contribution in [2.75, 3.05) is 0 Å². The molecule has 0 aromatic heterocycles. The molecular weight excluding hydrogens is 208 g/mol. The Morgan fingerprint density at radius 1 is 1.25 bits per heavy atom. The summed E-state index contributed by atoms with van der Waals surface area (Å²) >= 11 is 0. The molecule has 0 unspecified atom stereocenters. The molecule has 3 rings (SSSR count). The quantitative estimate of drug-likeness (QED) is 0.709. The number of rotatable bonds is 2. The molecule has 2 aliphatic rings. The number of ether oxygens (including phenoxy) is 3. The number of carbonyl (C=O) groups is 1. The smallest absolute Gasteiger partial charge is 0.338 e. The molecule has 0 N–H and O–H groups in total. The average Bonchev–Trinajstić information content (AvgIpc) is 2.90. The van der Waals surface area contributed by atoms with Crippen LogP contribution in [0.25, 0.3) is 0 Å². The molecule has 0 aliphatic carbocycles. The second kappa shape index (κ2) is 3.56. The predicted octanol–water partition coefficient (Wildman–Crippen LogP) is 1.74. The van der Waals surface area contributed by atoms with E-state index in [0.29, 0.717) is 18.6 Å². The number of fused-ring (bicyclic) bond motifs is 1. The van der Waals surface area contributed by atoms with Gasteiger partial charge in [0, 0.05) is 12.0 Å². The van der Waals surface area contributed by atoms with Crippen molar-refractivity contribution >= 4 is 5.97 Å². The van der Waals surface area contributed by atoms with Gasteiger partial charge in [-0.1, -0.05) is 12.1 Å². The molecule has 0 saturated heterocycles. The van der Waals surface area contributed by atoms with Crippen LogP contribution in [0.4, 0.5) is 0 Å².